The predicted molar refractivity (Wildman–Crippen MR) is 118 cm³/mol. The average Bonchev–Trinajstić information content (AvgIpc) is 3.24. The predicted octanol–water partition coefficient (Wildman–Crippen LogP) is 1.94. The highest BCUT2D eigenvalue weighted by Gasteiger charge is 2.26. The third-order valence-corrected chi connectivity index (χ3v) is 6.14. The monoisotopic (exact) mass is 401 g/mol. The van der Waals surface area contributed by atoms with Crippen LogP contribution in [0.4, 0.5) is 5.69 Å². The van der Waals surface area contributed by atoms with Gasteiger partial charge in [-0.1, -0.05) is 12.1 Å². The normalized spacial score (nSPS) is 20.7. The van der Waals surface area contributed by atoms with Crippen molar-refractivity contribution < 1.29 is 9.53 Å². The van der Waals surface area contributed by atoms with Crippen LogP contribution < -0.4 is 20.3 Å². The molecule has 2 N–H and O–H groups in total. The van der Waals surface area contributed by atoms with Gasteiger partial charge < -0.3 is 25.2 Å². The van der Waals surface area contributed by atoms with E-state index in [1.54, 1.807) is 14.2 Å². The molecule has 1 aromatic carbocycles. The van der Waals surface area contributed by atoms with Crippen molar-refractivity contribution in [1.82, 2.24) is 15.5 Å². The molecule has 0 aliphatic carbocycles. The van der Waals surface area contributed by atoms with Crippen molar-refractivity contribution in [3.05, 3.63) is 24.3 Å². The lowest BCUT2D eigenvalue weighted by atomic mass is 9.93. The topological polar surface area (TPSA) is 69.2 Å². The molecule has 2 aliphatic heterocycles. The number of carbonyl (C=O) groups excluding carboxylic acids is 1. The van der Waals surface area contributed by atoms with Gasteiger partial charge >= 0.3 is 0 Å². The molecule has 0 spiro atoms. The first kappa shape index (κ1) is 21.3. The smallest absolute Gasteiger partial charge is 0.220 e. The Morgan fingerprint density at radius 3 is 2.59 bits per heavy atom. The van der Waals surface area contributed by atoms with E-state index in [0.29, 0.717) is 18.3 Å². The number of likely N-dealkylation sites (tertiary alicyclic amines) is 1. The molecule has 0 radical (unpaired) electrons. The Morgan fingerprint density at radius 2 is 1.90 bits per heavy atom. The standard InChI is InChI=1S/C22H35N5O2/c1-23-21(28)14-17-8-11-26(12-9-17)22(24-2)25-15-18-10-13-27(16-18)19-6-4-5-7-20(19)29-3/h4-7,17-18H,8-16H2,1-3H3,(H,23,28)(H,24,25). The van der Waals surface area contributed by atoms with E-state index >= 15 is 0 Å². The highest BCUT2D eigenvalue weighted by molar-refractivity contribution is 5.80. The minimum absolute atomic E-state index is 0.145. The van der Waals surface area contributed by atoms with Gasteiger partial charge in [0, 0.05) is 53.2 Å². The summed E-state index contributed by atoms with van der Waals surface area (Å²) in [5.74, 6) is 3.14. The number of para-hydroxylation sites is 2. The van der Waals surface area contributed by atoms with Crippen LogP contribution in [0, 0.1) is 11.8 Å². The molecule has 29 heavy (non-hydrogen) atoms. The Balaban J connectivity index is 1.45. The summed E-state index contributed by atoms with van der Waals surface area (Å²) in [6.45, 7) is 4.92. The Hall–Kier alpha value is -2.44. The molecular weight excluding hydrogens is 366 g/mol. The van der Waals surface area contributed by atoms with Crippen LogP contribution in [0.5, 0.6) is 5.75 Å². The van der Waals surface area contributed by atoms with E-state index in [-0.39, 0.29) is 5.91 Å². The third kappa shape index (κ3) is 5.55. The van der Waals surface area contributed by atoms with E-state index in [4.69, 9.17) is 4.74 Å². The lowest BCUT2D eigenvalue weighted by Gasteiger charge is -2.34. The van der Waals surface area contributed by atoms with Gasteiger partial charge in [-0.05, 0) is 43.2 Å². The van der Waals surface area contributed by atoms with Crippen molar-refractivity contribution in [3.8, 4) is 5.75 Å². The number of amides is 1. The molecule has 3 rings (SSSR count). The average molecular weight is 402 g/mol. The van der Waals surface area contributed by atoms with Crippen LogP contribution in [0.1, 0.15) is 25.7 Å². The number of guanidine groups is 1. The molecule has 0 aromatic heterocycles. The quantitative estimate of drug-likeness (QED) is 0.563. The van der Waals surface area contributed by atoms with Crippen LogP contribution in [0.2, 0.25) is 0 Å². The van der Waals surface area contributed by atoms with Gasteiger partial charge in [-0.2, -0.15) is 0 Å². The Morgan fingerprint density at radius 1 is 1.17 bits per heavy atom. The molecule has 1 unspecified atom stereocenters. The summed E-state index contributed by atoms with van der Waals surface area (Å²) >= 11 is 0. The molecule has 2 heterocycles. The molecule has 2 fully saturated rings. The molecule has 0 saturated carbocycles. The first-order valence-corrected chi connectivity index (χ1v) is 10.7. The highest BCUT2D eigenvalue weighted by atomic mass is 16.5. The van der Waals surface area contributed by atoms with Gasteiger partial charge in [0.05, 0.1) is 12.8 Å². The molecule has 0 bridgehead atoms. The highest BCUT2D eigenvalue weighted by Crippen LogP contribution is 2.31. The summed E-state index contributed by atoms with van der Waals surface area (Å²) in [7, 11) is 5.30. The van der Waals surface area contributed by atoms with Crippen LogP contribution in [0.25, 0.3) is 0 Å². The van der Waals surface area contributed by atoms with E-state index < -0.39 is 0 Å². The lowest BCUT2D eigenvalue weighted by molar-refractivity contribution is -0.121. The first-order chi connectivity index (χ1) is 14.1. The number of nitrogens with one attached hydrogen (secondary N) is 2. The summed E-state index contributed by atoms with van der Waals surface area (Å²) < 4.78 is 5.52. The van der Waals surface area contributed by atoms with Gasteiger partial charge in [-0.25, -0.2) is 0 Å². The molecule has 7 nitrogen and oxygen atoms in total. The van der Waals surface area contributed by atoms with E-state index in [1.165, 1.54) is 5.69 Å². The van der Waals surface area contributed by atoms with Crippen molar-refractivity contribution in [2.75, 3.05) is 58.8 Å². The molecule has 2 saturated heterocycles. The number of aliphatic imine (C=N–C) groups is 1. The van der Waals surface area contributed by atoms with Gasteiger partial charge in [0.1, 0.15) is 5.75 Å². The second kappa shape index (κ2) is 10.4. The largest absolute Gasteiger partial charge is 0.495 e. The van der Waals surface area contributed by atoms with Crippen molar-refractivity contribution in [1.29, 1.82) is 0 Å². The van der Waals surface area contributed by atoms with Crippen LogP contribution in [-0.2, 0) is 4.79 Å². The minimum Gasteiger partial charge on any atom is -0.495 e. The molecule has 1 aromatic rings. The summed E-state index contributed by atoms with van der Waals surface area (Å²) in [6, 6.07) is 8.24. The second-order valence-electron chi connectivity index (χ2n) is 8.01. The summed E-state index contributed by atoms with van der Waals surface area (Å²) in [4.78, 5) is 20.8. The van der Waals surface area contributed by atoms with E-state index in [1.807, 2.05) is 19.2 Å². The number of hydrogen-bond acceptors (Lipinski definition) is 4. The van der Waals surface area contributed by atoms with E-state index in [2.05, 4.69) is 37.6 Å². The molecule has 1 amide bonds. The maximum Gasteiger partial charge on any atom is 0.220 e. The van der Waals surface area contributed by atoms with Crippen LogP contribution in [0.15, 0.2) is 29.3 Å². The zero-order chi connectivity index (χ0) is 20.6. The molecular formula is C22H35N5O2. The van der Waals surface area contributed by atoms with Crippen LogP contribution in [-0.4, -0.2) is 70.7 Å². The SMILES string of the molecule is CN=C(NCC1CCN(c2ccccc2OC)C1)N1CCC(CC(=O)NC)CC1. The molecule has 1 atom stereocenters. The summed E-state index contributed by atoms with van der Waals surface area (Å²) in [6.07, 6.45) is 3.88. The van der Waals surface area contributed by atoms with Gasteiger partial charge in [0.15, 0.2) is 5.96 Å². The maximum atomic E-state index is 11.6. The number of rotatable bonds is 6. The summed E-state index contributed by atoms with van der Waals surface area (Å²) in [5, 5.41) is 6.32. The van der Waals surface area contributed by atoms with Crippen molar-refractivity contribution in [2.24, 2.45) is 16.8 Å². The molecule has 2 aliphatic rings. The van der Waals surface area contributed by atoms with Crippen LogP contribution >= 0.6 is 0 Å². The Kier molecular flexibility index (Phi) is 7.61. The molecule has 7 heteroatoms. The number of benzene rings is 1. The third-order valence-electron chi connectivity index (χ3n) is 6.14. The van der Waals surface area contributed by atoms with Crippen molar-refractivity contribution in [2.45, 2.75) is 25.7 Å². The lowest BCUT2D eigenvalue weighted by Crippen LogP contribution is -2.47. The number of methoxy groups -OCH3 is 1. The van der Waals surface area contributed by atoms with E-state index in [9.17, 15) is 4.79 Å². The second-order valence-corrected chi connectivity index (χ2v) is 8.01. The zero-order valence-electron chi connectivity index (χ0n) is 18.0. The number of nitrogens with zero attached hydrogens (tertiary/aromatic N) is 3. The number of carbonyl (C=O) groups is 1. The fraction of sp³-hybridized carbons (Fsp3) is 0.636. The molecule has 160 valence electrons. The fourth-order valence-corrected chi connectivity index (χ4v) is 4.39. The number of anilines is 1. The van der Waals surface area contributed by atoms with Crippen LogP contribution in [0.3, 0.4) is 0 Å². The number of ether oxygens (including phenoxy) is 1. The number of hydrogen-bond donors (Lipinski definition) is 2. The van der Waals surface area contributed by atoms with Crippen molar-refractivity contribution >= 4 is 17.6 Å². The van der Waals surface area contributed by atoms with Gasteiger partial charge in [0.2, 0.25) is 5.91 Å². The minimum atomic E-state index is 0.145. The Labute approximate surface area is 174 Å². The Bertz CT molecular complexity index is 700. The summed E-state index contributed by atoms with van der Waals surface area (Å²) in [5.41, 5.74) is 1.18. The van der Waals surface area contributed by atoms with Gasteiger partial charge in [-0.3, -0.25) is 9.79 Å². The van der Waals surface area contributed by atoms with E-state index in [0.717, 1.165) is 63.7 Å². The number of piperidine rings is 1. The maximum absolute atomic E-state index is 11.6. The van der Waals surface area contributed by atoms with Gasteiger partial charge in [-0.15, -0.1) is 0 Å². The zero-order valence-corrected chi connectivity index (χ0v) is 18.0. The van der Waals surface area contributed by atoms with Crippen molar-refractivity contribution in [3.63, 3.8) is 0 Å². The fourth-order valence-electron chi connectivity index (χ4n) is 4.39. The first-order valence-electron chi connectivity index (χ1n) is 10.7. The van der Waals surface area contributed by atoms with Gasteiger partial charge in [0.25, 0.3) is 0 Å².